The second-order valence-corrected chi connectivity index (χ2v) is 6.48. The average molecular weight is 319 g/mol. The molecule has 22 heavy (non-hydrogen) atoms. The summed E-state index contributed by atoms with van der Waals surface area (Å²) in [5.41, 5.74) is 6.37. The SMILES string of the molecule is C[C@@]1(c2cc(NCc3cccs3)ccc2F)CCOC(N)=N1. The van der Waals surface area contributed by atoms with E-state index in [0.717, 1.165) is 5.69 Å². The van der Waals surface area contributed by atoms with Crippen LogP contribution in [0.4, 0.5) is 10.1 Å². The van der Waals surface area contributed by atoms with Gasteiger partial charge < -0.3 is 15.8 Å². The Morgan fingerprint density at radius 1 is 1.45 bits per heavy atom. The molecule has 0 radical (unpaired) electrons. The number of nitrogens with one attached hydrogen (secondary N) is 1. The number of benzene rings is 1. The van der Waals surface area contributed by atoms with Crippen LogP contribution in [-0.2, 0) is 16.8 Å². The van der Waals surface area contributed by atoms with Gasteiger partial charge in [0.2, 0.25) is 0 Å². The van der Waals surface area contributed by atoms with E-state index in [-0.39, 0.29) is 11.8 Å². The number of amidine groups is 1. The minimum atomic E-state index is -0.687. The summed E-state index contributed by atoms with van der Waals surface area (Å²) in [7, 11) is 0. The van der Waals surface area contributed by atoms with E-state index in [4.69, 9.17) is 10.5 Å². The lowest BCUT2D eigenvalue weighted by atomic mass is 9.88. The Morgan fingerprint density at radius 3 is 3.05 bits per heavy atom. The number of aliphatic imine (C=N–C) groups is 1. The predicted octanol–water partition coefficient (Wildman–Crippen LogP) is 3.45. The Bertz CT molecular complexity index is 687. The van der Waals surface area contributed by atoms with Crippen LogP contribution in [0.3, 0.4) is 0 Å². The molecule has 0 aliphatic carbocycles. The minimum Gasteiger partial charge on any atom is -0.465 e. The predicted molar refractivity (Wildman–Crippen MR) is 87.6 cm³/mol. The second-order valence-electron chi connectivity index (χ2n) is 5.45. The lowest BCUT2D eigenvalue weighted by Crippen LogP contribution is -2.34. The summed E-state index contributed by atoms with van der Waals surface area (Å²) in [4.78, 5) is 5.53. The fourth-order valence-corrected chi connectivity index (χ4v) is 3.18. The molecule has 4 nitrogen and oxygen atoms in total. The van der Waals surface area contributed by atoms with Crippen LogP contribution in [0.5, 0.6) is 0 Å². The molecular formula is C16H18FN3OS. The zero-order valence-electron chi connectivity index (χ0n) is 12.3. The highest BCUT2D eigenvalue weighted by Gasteiger charge is 2.32. The molecule has 116 valence electrons. The van der Waals surface area contributed by atoms with Crippen molar-refractivity contribution in [1.82, 2.24) is 0 Å². The normalized spacial score (nSPS) is 21.1. The number of nitrogens with zero attached hydrogens (tertiary/aromatic N) is 1. The number of halogens is 1. The first-order valence-electron chi connectivity index (χ1n) is 7.11. The van der Waals surface area contributed by atoms with Crippen molar-refractivity contribution in [1.29, 1.82) is 0 Å². The van der Waals surface area contributed by atoms with Crippen LogP contribution < -0.4 is 11.1 Å². The van der Waals surface area contributed by atoms with E-state index in [2.05, 4.69) is 16.4 Å². The van der Waals surface area contributed by atoms with E-state index >= 15 is 0 Å². The lowest BCUT2D eigenvalue weighted by molar-refractivity contribution is 0.215. The van der Waals surface area contributed by atoms with Gasteiger partial charge in [-0.2, -0.15) is 0 Å². The Morgan fingerprint density at radius 2 is 2.32 bits per heavy atom. The summed E-state index contributed by atoms with van der Waals surface area (Å²) in [6.45, 7) is 3.04. The van der Waals surface area contributed by atoms with Crippen molar-refractivity contribution in [3.63, 3.8) is 0 Å². The van der Waals surface area contributed by atoms with Crippen LogP contribution >= 0.6 is 11.3 Å². The molecule has 1 atom stereocenters. The molecule has 1 aromatic heterocycles. The van der Waals surface area contributed by atoms with Gasteiger partial charge >= 0.3 is 0 Å². The third-order valence-electron chi connectivity index (χ3n) is 3.79. The van der Waals surface area contributed by atoms with Gasteiger partial charge in [0.25, 0.3) is 6.02 Å². The molecule has 1 aromatic carbocycles. The summed E-state index contributed by atoms with van der Waals surface area (Å²) >= 11 is 1.69. The number of rotatable bonds is 4. The molecule has 0 spiro atoms. The van der Waals surface area contributed by atoms with Crippen LogP contribution in [0.15, 0.2) is 40.7 Å². The van der Waals surface area contributed by atoms with Gasteiger partial charge in [0.15, 0.2) is 0 Å². The van der Waals surface area contributed by atoms with Crippen LogP contribution in [0, 0.1) is 5.82 Å². The van der Waals surface area contributed by atoms with Gasteiger partial charge in [-0.3, -0.25) is 0 Å². The lowest BCUT2D eigenvalue weighted by Gasteiger charge is -2.30. The highest BCUT2D eigenvalue weighted by atomic mass is 32.1. The van der Waals surface area contributed by atoms with Crippen LogP contribution in [0.25, 0.3) is 0 Å². The maximum absolute atomic E-state index is 14.3. The van der Waals surface area contributed by atoms with Gasteiger partial charge in [0, 0.05) is 29.1 Å². The Hall–Kier alpha value is -2.08. The van der Waals surface area contributed by atoms with Gasteiger partial charge in [-0.1, -0.05) is 6.07 Å². The molecule has 0 saturated heterocycles. The number of hydrogen-bond acceptors (Lipinski definition) is 5. The highest BCUT2D eigenvalue weighted by Crippen LogP contribution is 2.35. The zero-order valence-corrected chi connectivity index (χ0v) is 13.1. The fraction of sp³-hybridized carbons (Fsp3) is 0.312. The minimum absolute atomic E-state index is 0.116. The maximum Gasteiger partial charge on any atom is 0.282 e. The zero-order chi connectivity index (χ0) is 15.6. The molecule has 2 heterocycles. The molecule has 1 aliphatic heterocycles. The third-order valence-corrected chi connectivity index (χ3v) is 4.67. The van der Waals surface area contributed by atoms with E-state index in [1.54, 1.807) is 17.4 Å². The number of thiophene rings is 1. The first kappa shape index (κ1) is 14.8. The van der Waals surface area contributed by atoms with Gasteiger partial charge in [-0.15, -0.1) is 11.3 Å². The van der Waals surface area contributed by atoms with Gasteiger partial charge in [0.05, 0.1) is 12.1 Å². The first-order valence-corrected chi connectivity index (χ1v) is 7.99. The molecule has 6 heteroatoms. The molecule has 3 rings (SSSR count). The summed E-state index contributed by atoms with van der Waals surface area (Å²) in [5.74, 6) is -0.275. The molecule has 0 fully saturated rings. The van der Waals surface area contributed by atoms with Crippen molar-refractivity contribution in [2.45, 2.75) is 25.4 Å². The monoisotopic (exact) mass is 319 g/mol. The largest absolute Gasteiger partial charge is 0.465 e. The highest BCUT2D eigenvalue weighted by molar-refractivity contribution is 7.09. The number of ether oxygens (including phenoxy) is 1. The van der Waals surface area contributed by atoms with Crippen LogP contribution in [0.2, 0.25) is 0 Å². The molecule has 0 saturated carbocycles. The molecule has 1 aliphatic rings. The van der Waals surface area contributed by atoms with Gasteiger partial charge in [0.1, 0.15) is 5.82 Å². The Labute approximate surface area is 132 Å². The van der Waals surface area contributed by atoms with Crippen molar-refractivity contribution in [3.8, 4) is 0 Å². The van der Waals surface area contributed by atoms with Crippen LogP contribution in [-0.4, -0.2) is 12.6 Å². The quantitative estimate of drug-likeness (QED) is 0.907. The Kier molecular flexibility index (Phi) is 4.02. The van der Waals surface area contributed by atoms with E-state index in [1.807, 2.05) is 24.4 Å². The van der Waals surface area contributed by atoms with Crippen LogP contribution in [0.1, 0.15) is 23.8 Å². The topological polar surface area (TPSA) is 59.6 Å². The van der Waals surface area contributed by atoms with Crippen molar-refractivity contribution in [2.24, 2.45) is 10.7 Å². The van der Waals surface area contributed by atoms with Crippen molar-refractivity contribution >= 4 is 23.0 Å². The number of hydrogen-bond donors (Lipinski definition) is 2. The fourth-order valence-electron chi connectivity index (χ4n) is 2.53. The van der Waals surface area contributed by atoms with Gasteiger partial charge in [-0.05, 0) is 36.6 Å². The molecule has 0 amide bonds. The van der Waals surface area contributed by atoms with Crippen molar-refractivity contribution < 1.29 is 9.13 Å². The van der Waals surface area contributed by atoms with E-state index in [0.29, 0.717) is 25.1 Å². The number of anilines is 1. The smallest absolute Gasteiger partial charge is 0.282 e. The summed E-state index contributed by atoms with van der Waals surface area (Å²) in [6, 6.07) is 9.21. The van der Waals surface area contributed by atoms with E-state index < -0.39 is 5.54 Å². The molecule has 3 N–H and O–H groups in total. The van der Waals surface area contributed by atoms with E-state index in [9.17, 15) is 4.39 Å². The number of nitrogens with two attached hydrogens (primary N) is 1. The summed E-state index contributed by atoms with van der Waals surface area (Å²) < 4.78 is 19.4. The third kappa shape index (κ3) is 3.06. The maximum atomic E-state index is 14.3. The second kappa shape index (κ2) is 5.96. The average Bonchev–Trinajstić information content (AvgIpc) is 2.99. The molecule has 2 aromatic rings. The summed E-state index contributed by atoms with van der Waals surface area (Å²) in [6.07, 6.45) is 0.596. The molecule has 0 bridgehead atoms. The molecular weight excluding hydrogens is 301 g/mol. The first-order chi connectivity index (χ1) is 10.6. The van der Waals surface area contributed by atoms with E-state index in [1.165, 1.54) is 10.9 Å². The van der Waals surface area contributed by atoms with Crippen molar-refractivity contribution in [3.05, 3.63) is 52.0 Å². The van der Waals surface area contributed by atoms with Crippen molar-refractivity contribution in [2.75, 3.05) is 11.9 Å². The Balaban J connectivity index is 1.85. The summed E-state index contributed by atoms with van der Waals surface area (Å²) in [5, 5.41) is 5.35. The van der Waals surface area contributed by atoms with Gasteiger partial charge in [-0.25, -0.2) is 9.38 Å². The molecule has 0 unspecified atom stereocenters. The standard InChI is InChI=1S/C16H18FN3OS/c1-16(6-7-21-15(18)20-16)13-9-11(4-5-14(13)17)19-10-12-3-2-8-22-12/h2-5,8-9,19H,6-7,10H2,1H3,(H2,18,20)/t16-/m0/s1.